The number of imide groups is 2. The molecule has 0 aromatic heterocycles. The van der Waals surface area contributed by atoms with Crippen LogP contribution in [0.25, 0.3) is 6.08 Å². The number of nitrogens with one attached hydrogen (secondary N) is 1. The van der Waals surface area contributed by atoms with E-state index in [1.54, 1.807) is 24.3 Å². The van der Waals surface area contributed by atoms with Crippen LogP contribution in [0.2, 0.25) is 5.02 Å². The van der Waals surface area contributed by atoms with E-state index in [0.717, 1.165) is 42.8 Å². The number of anilines is 2. The molecular formula is C23H22ClN3O3. The van der Waals surface area contributed by atoms with E-state index in [1.165, 1.54) is 17.3 Å². The van der Waals surface area contributed by atoms with Crippen LogP contribution in [0.1, 0.15) is 30.9 Å². The Morgan fingerprint density at radius 1 is 1.10 bits per heavy atom. The molecule has 4 rings (SSSR count). The summed E-state index contributed by atoms with van der Waals surface area (Å²) in [5, 5.41) is 2.48. The van der Waals surface area contributed by atoms with Crippen molar-refractivity contribution >= 4 is 46.9 Å². The van der Waals surface area contributed by atoms with Crippen molar-refractivity contribution in [2.45, 2.75) is 26.2 Å². The van der Waals surface area contributed by atoms with Gasteiger partial charge in [0.1, 0.15) is 5.57 Å². The Bertz CT molecular complexity index is 1060. The molecule has 4 amide bonds. The molecule has 0 radical (unpaired) electrons. The molecule has 0 atom stereocenters. The van der Waals surface area contributed by atoms with Crippen LogP contribution in [-0.4, -0.2) is 30.9 Å². The molecule has 154 valence electrons. The minimum absolute atomic E-state index is 0.102. The van der Waals surface area contributed by atoms with Gasteiger partial charge in [0, 0.05) is 18.8 Å². The third kappa shape index (κ3) is 3.71. The Hall–Kier alpha value is -3.12. The van der Waals surface area contributed by atoms with E-state index in [0.29, 0.717) is 0 Å². The van der Waals surface area contributed by atoms with E-state index in [2.05, 4.69) is 17.1 Å². The molecule has 0 unspecified atom stereocenters. The van der Waals surface area contributed by atoms with Gasteiger partial charge in [0.2, 0.25) is 0 Å². The number of para-hydroxylation sites is 1. The van der Waals surface area contributed by atoms with Crippen molar-refractivity contribution < 1.29 is 14.4 Å². The van der Waals surface area contributed by atoms with E-state index < -0.39 is 17.8 Å². The molecule has 2 aromatic carbocycles. The van der Waals surface area contributed by atoms with Gasteiger partial charge >= 0.3 is 6.03 Å². The zero-order chi connectivity index (χ0) is 21.3. The monoisotopic (exact) mass is 423 g/mol. The SMILES string of the molecule is CCCCN1CCc2cc(C=C3C(=O)NC(=O)N(c4ccccc4Cl)C3=O)ccc21. The van der Waals surface area contributed by atoms with E-state index in [9.17, 15) is 14.4 Å². The molecule has 1 saturated heterocycles. The standard InChI is InChI=1S/C23H22ClN3O3/c1-2-3-11-26-12-10-16-13-15(8-9-19(16)26)14-17-21(28)25-23(30)27(22(17)29)20-7-5-4-6-18(20)24/h4-9,13-14H,2-3,10-12H2,1H3,(H,25,28,30). The first-order chi connectivity index (χ1) is 14.5. The van der Waals surface area contributed by atoms with Crippen molar-refractivity contribution in [2.24, 2.45) is 0 Å². The number of carbonyl (C=O) groups excluding carboxylic acids is 3. The number of nitrogens with zero attached hydrogens (tertiary/aromatic N) is 2. The maximum atomic E-state index is 13.0. The number of benzene rings is 2. The number of barbiturate groups is 1. The molecular weight excluding hydrogens is 402 g/mol. The molecule has 0 spiro atoms. The number of hydrogen-bond acceptors (Lipinski definition) is 4. The van der Waals surface area contributed by atoms with Crippen LogP contribution >= 0.6 is 11.6 Å². The third-order valence-corrected chi connectivity index (χ3v) is 5.70. The second-order valence-electron chi connectivity index (χ2n) is 7.39. The maximum absolute atomic E-state index is 13.0. The summed E-state index contributed by atoms with van der Waals surface area (Å²) in [5.41, 5.74) is 3.29. The largest absolute Gasteiger partial charge is 0.371 e. The minimum atomic E-state index is -0.809. The van der Waals surface area contributed by atoms with Crippen molar-refractivity contribution in [1.82, 2.24) is 5.32 Å². The van der Waals surface area contributed by atoms with Gasteiger partial charge in [-0.15, -0.1) is 0 Å². The maximum Gasteiger partial charge on any atom is 0.335 e. The average molecular weight is 424 g/mol. The highest BCUT2D eigenvalue weighted by Crippen LogP contribution is 2.31. The molecule has 0 saturated carbocycles. The summed E-state index contributed by atoms with van der Waals surface area (Å²) in [6, 6.07) is 11.6. The van der Waals surface area contributed by atoms with Gasteiger partial charge in [-0.05, 0) is 54.3 Å². The molecule has 2 aromatic rings. The summed E-state index contributed by atoms with van der Waals surface area (Å²) >= 11 is 6.16. The van der Waals surface area contributed by atoms with Gasteiger partial charge < -0.3 is 4.90 Å². The molecule has 0 bridgehead atoms. The highest BCUT2D eigenvalue weighted by Gasteiger charge is 2.37. The molecule has 2 aliphatic heterocycles. The van der Waals surface area contributed by atoms with Crippen molar-refractivity contribution in [1.29, 1.82) is 0 Å². The smallest absolute Gasteiger partial charge is 0.335 e. The lowest BCUT2D eigenvalue weighted by Gasteiger charge is -2.27. The first kappa shape index (κ1) is 20.2. The molecule has 30 heavy (non-hydrogen) atoms. The van der Waals surface area contributed by atoms with Crippen LogP contribution in [-0.2, 0) is 16.0 Å². The van der Waals surface area contributed by atoms with Gasteiger partial charge in [-0.25, -0.2) is 9.69 Å². The summed E-state index contributed by atoms with van der Waals surface area (Å²) in [4.78, 5) is 41.0. The van der Waals surface area contributed by atoms with Crippen molar-refractivity contribution in [3.05, 3.63) is 64.2 Å². The number of hydrogen-bond donors (Lipinski definition) is 1. The van der Waals surface area contributed by atoms with Gasteiger partial charge in [-0.2, -0.15) is 0 Å². The van der Waals surface area contributed by atoms with Crippen LogP contribution in [0.15, 0.2) is 48.0 Å². The lowest BCUT2D eigenvalue weighted by molar-refractivity contribution is -0.122. The van der Waals surface area contributed by atoms with Crippen molar-refractivity contribution in [3.63, 3.8) is 0 Å². The number of halogens is 1. The van der Waals surface area contributed by atoms with Gasteiger partial charge in [-0.3, -0.25) is 14.9 Å². The van der Waals surface area contributed by atoms with Gasteiger partial charge in [0.05, 0.1) is 10.7 Å². The van der Waals surface area contributed by atoms with Crippen LogP contribution < -0.4 is 15.1 Å². The van der Waals surface area contributed by atoms with E-state index >= 15 is 0 Å². The summed E-state index contributed by atoms with van der Waals surface area (Å²) in [6.07, 6.45) is 4.75. The number of urea groups is 1. The van der Waals surface area contributed by atoms with Crippen LogP contribution in [0.3, 0.4) is 0 Å². The second kappa shape index (κ2) is 8.32. The predicted octanol–water partition coefficient (Wildman–Crippen LogP) is 4.17. The Morgan fingerprint density at radius 2 is 1.90 bits per heavy atom. The number of amides is 4. The molecule has 1 N–H and O–H groups in total. The highest BCUT2D eigenvalue weighted by atomic mass is 35.5. The summed E-state index contributed by atoms with van der Waals surface area (Å²) in [6.45, 7) is 4.18. The Kier molecular flexibility index (Phi) is 5.59. The number of fused-ring (bicyclic) bond motifs is 1. The van der Waals surface area contributed by atoms with Gasteiger partial charge in [0.25, 0.3) is 11.8 Å². The summed E-state index contributed by atoms with van der Waals surface area (Å²) in [7, 11) is 0. The lowest BCUT2D eigenvalue weighted by atomic mass is 10.0. The average Bonchev–Trinajstić information content (AvgIpc) is 3.13. The Labute approximate surface area is 180 Å². The van der Waals surface area contributed by atoms with Crippen molar-refractivity contribution in [2.75, 3.05) is 22.9 Å². The molecule has 1 fully saturated rings. The fourth-order valence-corrected chi connectivity index (χ4v) is 4.06. The topological polar surface area (TPSA) is 69.7 Å². The fourth-order valence-electron chi connectivity index (χ4n) is 3.84. The van der Waals surface area contributed by atoms with E-state index in [1.807, 2.05) is 18.2 Å². The highest BCUT2D eigenvalue weighted by molar-refractivity contribution is 6.42. The fraction of sp³-hybridized carbons (Fsp3) is 0.261. The Morgan fingerprint density at radius 3 is 2.67 bits per heavy atom. The van der Waals surface area contributed by atoms with Gasteiger partial charge in [-0.1, -0.05) is 43.1 Å². The molecule has 7 heteroatoms. The number of unbranched alkanes of at least 4 members (excludes halogenated alkanes) is 1. The molecule has 2 heterocycles. The van der Waals surface area contributed by atoms with Gasteiger partial charge in [0.15, 0.2) is 0 Å². The lowest BCUT2D eigenvalue weighted by Crippen LogP contribution is -2.54. The molecule has 2 aliphatic rings. The zero-order valence-corrected chi connectivity index (χ0v) is 17.4. The normalized spacial score (nSPS) is 17.5. The Balaban J connectivity index is 1.65. The third-order valence-electron chi connectivity index (χ3n) is 5.38. The van der Waals surface area contributed by atoms with Crippen LogP contribution in [0.5, 0.6) is 0 Å². The zero-order valence-electron chi connectivity index (χ0n) is 16.7. The minimum Gasteiger partial charge on any atom is -0.371 e. The van der Waals surface area contributed by atoms with Crippen molar-refractivity contribution in [3.8, 4) is 0 Å². The summed E-state index contributed by atoms with van der Waals surface area (Å²) < 4.78 is 0. The number of carbonyl (C=O) groups is 3. The first-order valence-electron chi connectivity index (χ1n) is 10.0. The quantitative estimate of drug-likeness (QED) is 0.578. The first-order valence-corrected chi connectivity index (χ1v) is 10.4. The number of rotatable bonds is 5. The van der Waals surface area contributed by atoms with Crippen LogP contribution in [0.4, 0.5) is 16.2 Å². The molecule has 0 aliphatic carbocycles. The van der Waals surface area contributed by atoms with E-state index in [4.69, 9.17) is 11.6 Å². The molecule has 6 nitrogen and oxygen atoms in total. The predicted molar refractivity (Wildman–Crippen MR) is 118 cm³/mol. The van der Waals surface area contributed by atoms with E-state index in [-0.39, 0.29) is 16.3 Å². The van der Waals surface area contributed by atoms with Crippen LogP contribution in [0, 0.1) is 0 Å². The second-order valence-corrected chi connectivity index (χ2v) is 7.80. The summed E-state index contributed by atoms with van der Waals surface area (Å²) in [5.74, 6) is -1.40.